The van der Waals surface area contributed by atoms with Crippen LogP contribution in [0.15, 0.2) is 59.6 Å². The first-order chi connectivity index (χ1) is 11.8. The fourth-order valence-corrected chi connectivity index (χ4v) is 3.26. The van der Waals surface area contributed by atoms with Crippen molar-refractivity contribution in [3.05, 3.63) is 71.6 Å². The highest BCUT2D eigenvalue weighted by atomic mass is 19.1. The van der Waals surface area contributed by atoms with E-state index in [0.717, 1.165) is 55.3 Å². The molecule has 4 heteroatoms. The maximum absolute atomic E-state index is 13.3. The van der Waals surface area contributed by atoms with Crippen LogP contribution < -0.4 is 5.32 Å². The van der Waals surface area contributed by atoms with E-state index in [4.69, 9.17) is 4.99 Å². The molecule has 0 spiro atoms. The molecule has 2 heterocycles. The topological polar surface area (TPSA) is 27.6 Å². The molecule has 0 atom stereocenters. The standard InChI is InChI=1S/C20H20FN3/c21-17-8-5-15(6-9-17)18-10-7-16-3-1-2-4-19(16)23-20(18)24-13-11-22-12-14-24/h1-6,8-10,22H,7,11-14H2. The van der Waals surface area contributed by atoms with Crippen molar-refractivity contribution in [3.8, 4) is 0 Å². The fraction of sp³-hybridized carbons (Fsp3) is 0.250. The van der Waals surface area contributed by atoms with E-state index >= 15 is 0 Å². The van der Waals surface area contributed by atoms with Gasteiger partial charge in [0, 0.05) is 31.8 Å². The number of hydrogen-bond acceptors (Lipinski definition) is 3. The number of nitrogens with one attached hydrogen (secondary N) is 1. The van der Waals surface area contributed by atoms with Crippen molar-refractivity contribution in [2.45, 2.75) is 6.42 Å². The smallest absolute Gasteiger partial charge is 0.136 e. The summed E-state index contributed by atoms with van der Waals surface area (Å²) in [7, 11) is 0. The number of rotatable bonds is 1. The number of aliphatic imine (C=N–C) groups is 1. The molecule has 2 aliphatic rings. The minimum atomic E-state index is -0.211. The SMILES string of the molecule is Fc1ccc(C2=CCc3ccccc3N=C2N2CCNCC2)cc1. The van der Waals surface area contributed by atoms with Crippen LogP contribution in [0.1, 0.15) is 11.1 Å². The summed E-state index contributed by atoms with van der Waals surface area (Å²) >= 11 is 0. The number of nitrogens with zero attached hydrogens (tertiary/aromatic N) is 2. The lowest BCUT2D eigenvalue weighted by atomic mass is 10.0. The summed E-state index contributed by atoms with van der Waals surface area (Å²) in [4.78, 5) is 7.32. The number of piperazine rings is 1. The summed E-state index contributed by atoms with van der Waals surface area (Å²) in [5, 5.41) is 3.38. The van der Waals surface area contributed by atoms with Gasteiger partial charge in [-0.05, 0) is 35.7 Å². The zero-order chi connectivity index (χ0) is 16.4. The summed E-state index contributed by atoms with van der Waals surface area (Å²) in [5.74, 6) is 0.782. The van der Waals surface area contributed by atoms with Gasteiger partial charge in [-0.1, -0.05) is 36.4 Å². The van der Waals surface area contributed by atoms with Gasteiger partial charge in [-0.3, -0.25) is 0 Å². The van der Waals surface area contributed by atoms with Crippen LogP contribution in [0.5, 0.6) is 0 Å². The Bertz CT molecular complexity index is 787. The highest BCUT2D eigenvalue weighted by Crippen LogP contribution is 2.29. The molecule has 2 aromatic rings. The van der Waals surface area contributed by atoms with Crippen molar-refractivity contribution >= 4 is 17.1 Å². The monoisotopic (exact) mass is 321 g/mol. The van der Waals surface area contributed by atoms with Gasteiger partial charge < -0.3 is 10.2 Å². The van der Waals surface area contributed by atoms with E-state index in [9.17, 15) is 4.39 Å². The minimum Gasteiger partial charge on any atom is -0.354 e. The van der Waals surface area contributed by atoms with Crippen LogP contribution in [0.3, 0.4) is 0 Å². The van der Waals surface area contributed by atoms with Gasteiger partial charge in [-0.2, -0.15) is 0 Å². The Balaban J connectivity index is 1.80. The van der Waals surface area contributed by atoms with Crippen LogP contribution in [0, 0.1) is 5.82 Å². The molecule has 2 aliphatic heterocycles. The summed E-state index contributed by atoms with van der Waals surface area (Å²) in [6, 6.07) is 15.0. The molecule has 0 aromatic heterocycles. The van der Waals surface area contributed by atoms with Gasteiger partial charge in [0.15, 0.2) is 0 Å². The van der Waals surface area contributed by atoms with Gasteiger partial charge >= 0.3 is 0 Å². The van der Waals surface area contributed by atoms with Crippen molar-refractivity contribution < 1.29 is 4.39 Å². The minimum absolute atomic E-state index is 0.211. The number of benzene rings is 2. The van der Waals surface area contributed by atoms with E-state index in [1.807, 2.05) is 18.2 Å². The van der Waals surface area contributed by atoms with Crippen LogP contribution >= 0.6 is 0 Å². The maximum atomic E-state index is 13.3. The molecular weight excluding hydrogens is 301 g/mol. The lowest BCUT2D eigenvalue weighted by molar-refractivity contribution is 0.360. The number of fused-ring (bicyclic) bond motifs is 1. The zero-order valence-corrected chi connectivity index (χ0v) is 13.5. The van der Waals surface area contributed by atoms with Gasteiger partial charge in [0.25, 0.3) is 0 Å². The van der Waals surface area contributed by atoms with Gasteiger partial charge in [0.05, 0.1) is 5.69 Å². The molecule has 3 nitrogen and oxygen atoms in total. The average Bonchev–Trinajstić information content (AvgIpc) is 2.83. The third-order valence-electron chi connectivity index (χ3n) is 4.56. The van der Waals surface area contributed by atoms with Crippen LogP contribution in [0.25, 0.3) is 5.57 Å². The van der Waals surface area contributed by atoms with Gasteiger partial charge in [0.1, 0.15) is 11.7 Å². The third-order valence-corrected chi connectivity index (χ3v) is 4.56. The predicted octanol–water partition coefficient (Wildman–Crippen LogP) is 3.40. The summed E-state index contributed by atoms with van der Waals surface area (Å²) in [6.45, 7) is 3.77. The molecule has 0 aliphatic carbocycles. The van der Waals surface area contributed by atoms with Crippen molar-refractivity contribution in [1.29, 1.82) is 0 Å². The van der Waals surface area contributed by atoms with Gasteiger partial charge in [-0.25, -0.2) is 9.38 Å². The zero-order valence-electron chi connectivity index (χ0n) is 13.5. The Morgan fingerprint density at radius 1 is 0.958 bits per heavy atom. The van der Waals surface area contributed by atoms with Crippen LogP contribution in [0.2, 0.25) is 0 Å². The molecular formula is C20H20FN3. The van der Waals surface area contributed by atoms with Crippen LogP contribution in [-0.2, 0) is 6.42 Å². The molecule has 1 N–H and O–H groups in total. The number of allylic oxidation sites excluding steroid dienone is 1. The molecule has 0 radical (unpaired) electrons. The second kappa shape index (κ2) is 6.57. The molecule has 1 fully saturated rings. The molecule has 1 saturated heterocycles. The van der Waals surface area contributed by atoms with Crippen molar-refractivity contribution in [3.63, 3.8) is 0 Å². The van der Waals surface area contributed by atoms with Crippen LogP contribution in [0.4, 0.5) is 10.1 Å². The van der Waals surface area contributed by atoms with E-state index in [2.05, 4.69) is 34.5 Å². The summed E-state index contributed by atoms with van der Waals surface area (Å²) in [5.41, 5.74) is 4.36. The summed E-state index contributed by atoms with van der Waals surface area (Å²) in [6.07, 6.45) is 3.06. The molecule has 122 valence electrons. The first-order valence-electron chi connectivity index (χ1n) is 8.40. The Labute approximate surface area is 141 Å². The number of hydrogen-bond donors (Lipinski definition) is 1. The van der Waals surface area contributed by atoms with E-state index < -0.39 is 0 Å². The molecule has 2 aromatic carbocycles. The molecule has 24 heavy (non-hydrogen) atoms. The molecule has 0 bridgehead atoms. The third kappa shape index (κ3) is 2.97. The van der Waals surface area contributed by atoms with E-state index in [-0.39, 0.29) is 5.82 Å². The quantitative estimate of drug-likeness (QED) is 0.872. The lowest BCUT2D eigenvalue weighted by Gasteiger charge is -2.31. The summed E-state index contributed by atoms with van der Waals surface area (Å²) < 4.78 is 13.3. The van der Waals surface area contributed by atoms with Gasteiger partial charge in [0.2, 0.25) is 0 Å². The number of amidine groups is 1. The molecule has 4 rings (SSSR count). The Kier molecular flexibility index (Phi) is 4.13. The predicted molar refractivity (Wildman–Crippen MR) is 96.1 cm³/mol. The fourth-order valence-electron chi connectivity index (χ4n) is 3.26. The van der Waals surface area contributed by atoms with Crippen molar-refractivity contribution in [2.75, 3.05) is 26.2 Å². The highest BCUT2D eigenvalue weighted by molar-refractivity contribution is 6.23. The second-order valence-corrected chi connectivity index (χ2v) is 6.13. The molecule has 0 saturated carbocycles. The maximum Gasteiger partial charge on any atom is 0.136 e. The number of para-hydroxylation sites is 1. The van der Waals surface area contributed by atoms with E-state index in [1.54, 1.807) is 0 Å². The van der Waals surface area contributed by atoms with Gasteiger partial charge in [-0.15, -0.1) is 0 Å². The molecule has 0 amide bonds. The van der Waals surface area contributed by atoms with Crippen LogP contribution in [-0.4, -0.2) is 36.9 Å². The van der Waals surface area contributed by atoms with Crippen molar-refractivity contribution in [2.24, 2.45) is 4.99 Å². The van der Waals surface area contributed by atoms with Crippen molar-refractivity contribution in [1.82, 2.24) is 10.2 Å². The average molecular weight is 321 g/mol. The second-order valence-electron chi connectivity index (χ2n) is 6.13. The molecule has 0 unspecified atom stereocenters. The first-order valence-corrected chi connectivity index (χ1v) is 8.40. The Hall–Kier alpha value is -2.46. The first kappa shape index (κ1) is 15.1. The highest BCUT2D eigenvalue weighted by Gasteiger charge is 2.22. The largest absolute Gasteiger partial charge is 0.354 e. The number of halogens is 1. The normalized spacial score (nSPS) is 17.6. The Morgan fingerprint density at radius 3 is 2.50 bits per heavy atom. The van der Waals surface area contributed by atoms with E-state index in [1.165, 1.54) is 17.7 Å². The van der Waals surface area contributed by atoms with E-state index in [0.29, 0.717) is 0 Å². The Morgan fingerprint density at radius 2 is 1.71 bits per heavy atom. The lowest BCUT2D eigenvalue weighted by Crippen LogP contribution is -2.46.